The first-order valence-electron chi connectivity index (χ1n) is 8.87. The lowest BCUT2D eigenvalue weighted by Crippen LogP contribution is -2.49. The Hall–Kier alpha value is -2.23. The molecule has 1 N–H and O–H groups in total. The van der Waals surface area contributed by atoms with Crippen molar-refractivity contribution in [2.45, 2.75) is 4.90 Å². The van der Waals surface area contributed by atoms with E-state index >= 15 is 0 Å². The number of aromatic nitrogens is 2. The van der Waals surface area contributed by atoms with Gasteiger partial charge in [-0.15, -0.1) is 0 Å². The molecule has 10 heteroatoms. The van der Waals surface area contributed by atoms with Crippen molar-refractivity contribution in [3.05, 3.63) is 47.2 Å². The molecule has 0 atom stereocenters. The number of hydrogen-bond donors (Lipinski definition) is 1. The Morgan fingerprint density at radius 3 is 2.50 bits per heavy atom. The van der Waals surface area contributed by atoms with Gasteiger partial charge in [-0.2, -0.15) is 0 Å². The monoisotopic (exact) mass is 423 g/mol. The summed E-state index contributed by atoms with van der Waals surface area (Å²) in [6, 6.07) is 6.05. The van der Waals surface area contributed by atoms with Gasteiger partial charge in [0.05, 0.1) is 9.92 Å². The van der Waals surface area contributed by atoms with Gasteiger partial charge >= 0.3 is 0 Å². The zero-order chi connectivity index (χ0) is 20.1. The number of halogens is 1. The van der Waals surface area contributed by atoms with E-state index in [9.17, 15) is 13.2 Å². The van der Waals surface area contributed by atoms with E-state index < -0.39 is 9.84 Å². The Bertz CT molecular complexity index is 931. The highest BCUT2D eigenvalue weighted by molar-refractivity contribution is 7.90. The molecule has 0 aliphatic carbocycles. The normalized spacial score (nSPS) is 15.4. The minimum Gasteiger partial charge on any atom is -0.351 e. The first-order valence-corrected chi connectivity index (χ1v) is 11.1. The molecule has 0 radical (unpaired) electrons. The lowest BCUT2D eigenvalue weighted by Gasteiger charge is -2.34. The van der Waals surface area contributed by atoms with E-state index in [4.69, 9.17) is 11.6 Å². The summed E-state index contributed by atoms with van der Waals surface area (Å²) in [5, 5.41) is 2.94. The van der Waals surface area contributed by atoms with Gasteiger partial charge in [0.2, 0.25) is 5.95 Å². The standard InChI is InChI=1S/C18H22ClN5O3S/c1-28(26,27)16-13-14(3-4-15(16)19)17(25)20-7-8-23-9-11-24(12-10-23)18-21-5-2-6-22-18/h2-6,13H,7-12H2,1H3,(H,20,25). The van der Waals surface area contributed by atoms with Crippen molar-refractivity contribution < 1.29 is 13.2 Å². The number of rotatable bonds is 6. The third kappa shape index (κ3) is 5.18. The SMILES string of the molecule is CS(=O)(=O)c1cc(C(=O)NCCN2CCN(c3ncccn3)CC2)ccc1Cl. The summed E-state index contributed by atoms with van der Waals surface area (Å²) in [7, 11) is -3.49. The summed E-state index contributed by atoms with van der Waals surface area (Å²) in [6.45, 7) is 4.54. The van der Waals surface area contributed by atoms with E-state index in [1.165, 1.54) is 18.2 Å². The minimum atomic E-state index is -3.49. The molecule has 0 bridgehead atoms. The van der Waals surface area contributed by atoms with Gasteiger partial charge in [-0.3, -0.25) is 9.69 Å². The molecule has 2 heterocycles. The number of nitrogens with one attached hydrogen (secondary N) is 1. The zero-order valence-corrected chi connectivity index (χ0v) is 17.1. The van der Waals surface area contributed by atoms with Crippen LogP contribution >= 0.6 is 11.6 Å². The molecular weight excluding hydrogens is 402 g/mol. The molecule has 1 amide bonds. The highest BCUT2D eigenvalue weighted by Crippen LogP contribution is 2.22. The van der Waals surface area contributed by atoms with Gasteiger partial charge < -0.3 is 10.2 Å². The second kappa shape index (κ2) is 8.85. The Morgan fingerprint density at radius 1 is 1.18 bits per heavy atom. The van der Waals surface area contributed by atoms with Gasteiger partial charge in [0.15, 0.2) is 9.84 Å². The molecule has 8 nitrogen and oxygen atoms in total. The molecular formula is C18H22ClN5O3S. The van der Waals surface area contributed by atoms with E-state index in [0.717, 1.165) is 38.4 Å². The molecule has 28 heavy (non-hydrogen) atoms. The summed E-state index contributed by atoms with van der Waals surface area (Å²) < 4.78 is 23.5. The summed E-state index contributed by atoms with van der Waals surface area (Å²) in [6.07, 6.45) is 4.53. The fraction of sp³-hybridized carbons (Fsp3) is 0.389. The van der Waals surface area contributed by atoms with Crippen LogP contribution < -0.4 is 10.2 Å². The van der Waals surface area contributed by atoms with Crippen molar-refractivity contribution in [3.63, 3.8) is 0 Å². The second-order valence-corrected chi connectivity index (χ2v) is 8.94. The maximum atomic E-state index is 12.3. The predicted molar refractivity (Wildman–Crippen MR) is 108 cm³/mol. The number of carbonyl (C=O) groups excluding carboxylic acids is 1. The first kappa shape index (κ1) is 20.5. The molecule has 1 aromatic carbocycles. The van der Waals surface area contributed by atoms with E-state index in [2.05, 4.69) is 25.1 Å². The largest absolute Gasteiger partial charge is 0.351 e. The molecule has 0 unspecified atom stereocenters. The number of amides is 1. The van der Waals surface area contributed by atoms with Crippen LogP contribution in [0, 0.1) is 0 Å². The summed E-state index contributed by atoms with van der Waals surface area (Å²) in [5.41, 5.74) is 0.274. The van der Waals surface area contributed by atoms with Crippen LogP contribution in [-0.4, -0.2) is 74.7 Å². The van der Waals surface area contributed by atoms with Gasteiger partial charge in [-0.1, -0.05) is 11.6 Å². The molecule has 3 rings (SSSR count). The summed E-state index contributed by atoms with van der Waals surface area (Å²) in [5.74, 6) is 0.415. The second-order valence-electron chi connectivity index (χ2n) is 6.55. The average molecular weight is 424 g/mol. The molecule has 150 valence electrons. The first-order chi connectivity index (χ1) is 13.3. The quantitative estimate of drug-likeness (QED) is 0.742. The van der Waals surface area contributed by atoms with Crippen LogP contribution in [-0.2, 0) is 9.84 Å². The Morgan fingerprint density at radius 2 is 1.86 bits per heavy atom. The molecule has 2 aromatic rings. The smallest absolute Gasteiger partial charge is 0.251 e. The molecule has 1 aliphatic rings. The zero-order valence-electron chi connectivity index (χ0n) is 15.5. The van der Waals surface area contributed by atoms with Crippen molar-refractivity contribution in [3.8, 4) is 0 Å². The predicted octanol–water partition coefficient (Wildman–Crippen LogP) is 1.09. The van der Waals surface area contributed by atoms with Gasteiger partial charge in [-0.25, -0.2) is 18.4 Å². The van der Waals surface area contributed by atoms with Crippen LogP contribution in [0.15, 0.2) is 41.6 Å². The number of piperazine rings is 1. The fourth-order valence-electron chi connectivity index (χ4n) is 2.98. The van der Waals surface area contributed by atoms with Crippen LogP contribution in [0.25, 0.3) is 0 Å². The molecule has 1 aromatic heterocycles. The number of hydrogen-bond acceptors (Lipinski definition) is 7. The van der Waals surface area contributed by atoms with Crippen molar-refractivity contribution >= 4 is 33.3 Å². The summed E-state index contributed by atoms with van der Waals surface area (Å²) >= 11 is 5.92. The Labute approximate surface area is 169 Å². The van der Waals surface area contributed by atoms with Gasteiger partial charge in [-0.05, 0) is 24.3 Å². The summed E-state index contributed by atoms with van der Waals surface area (Å²) in [4.78, 5) is 25.2. The molecule has 1 saturated heterocycles. The van der Waals surface area contributed by atoms with Crippen LogP contribution in [0.2, 0.25) is 5.02 Å². The lowest BCUT2D eigenvalue weighted by molar-refractivity contribution is 0.0947. The molecule has 0 spiro atoms. The highest BCUT2D eigenvalue weighted by Gasteiger charge is 2.19. The van der Waals surface area contributed by atoms with Crippen molar-refractivity contribution in [1.29, 1.82) is 0 Å². The highest BCUT2D eigenvalue weighted by atomic mass is 35.5. The third-order valence-electron chi connectivity index (χ3n) is 4.51. The molecule has 0 saturated carbocycles. The number of carbonyl (C=O) groups is 1. The molecule has 1 aliphatic heterocycles. The number of anilines is 1. The van der Waals surface area contributed by atoms with Crippen molar-refractivity contribution in [2.24, 2.45) is 0 Å². The average Bonchev–Trinajstić information content (AvgIpc) is 2.68. The molecule has 1 fully saturated rings. The van der Waals surface area contributed by atoms with Gasteiger partial charge in [0.1, 0.15) is 0 Å². The van der Waals surface area contributed by atoms with E-state index in [1.807, 2.05) is 0 Å². The fourth-order valence-corrected chi connectivity index (χ4v) is 4.29. The van der Waals surface area contributed by atoms with E-state index in [1.54, 1.807) is 18.5 Å². The van der Waals surface area contributed by atoms with Crippen LogP contribution in [0.1, 0.15) is 10.4 Å². The maximum absolute atomic E-state index is 12.3. The van der Waals surface area contributed by atoms with E-state index in [0.29, 0.717) is 13.1 Å². The number of benzene rings is 1. The van der Waals surface area contributed by atoms with Crippen LogP contribution in [0.5, 0.6) is 0 Å². The number of nitrogens with zero attached hydrogens (tertiary/aromatic N) is 4. The maximum Gasteiger partial charge on any atom is 0.251 e. The topological polar surface area (TPSA) is 95.5 Å². The third-order valence-corrected chi connectivity index (χ3v) is 6.09. The van der Waals surface area contributed by atoms with Crippen LogP contribution in [0.4, 0.5) is 5.95 Å². The van der Waals surface area contributed by atoms with E-state index in [-0.39, 0.29) is 21.4 Å². The van der Waals surface area contributed by atoms with Crippen molar-refractivity contribution in [1.82, 2.24) is 20.2 Å². The van der Waals surface area contributed by atoms with Gasteiger partial charge in [0, 0.05) is 63.5 Å². The van der Waals surface area contributed by atoms with Crippen molar-refractivity contribution in [2.75, 3.05) is 50.4 Å². The lowest BCUT2D eigenvalue weighted by atomic mass is 10.2. The Kier molecular flexibility index (Phi) is 6.48. The number of sulfone groups is 1. The van der Waals surface area contributed by atoms with Gasteiger partial charge in [0.25, 0.3) is 5.91 Å². The Balaban J connectivity index is 1.48. The minimum absolute atomic E-state index is 0.0407. The van der Waals surface area contributed by atoms with Crippen LogP contribution in [0.3, 0.4) is 0 Å².